The second-order valence-corrected chi connectivity index (χ2v) is 9.29. The van der Waals surface area contributed by atoms with E-state index in [4.69, 9.17) is 9.47 Å². The number of methoxy groups -OCH3 is 1. The molecule has 38 heavy (non-hydrogen) atoms. The van der Waals surface area contributed by atoms with Crippen molar-refractivity contribution in [2.45, 2.75) is 44.4 Å². The fourth-order valence-electron chi connectivity index (χ4n) is 4.85. The summed E-state index contributed by atoms with van der Waals surface area (Å²) in [7, 11) is 1.56. The molecule has 2 unspecified atom stereocenters. The van der Waals surface area contributed by atoms with Gasteiger partial charge in [-0.25, -0.2) is 9.07 Å². The van der Waals surface area contributed by atoms with E-state index in [9.17, 15) is 14.0 Å². The van der Waals surface area contributed by atoms with Crippen LogP contribution in [0.2, 0.25) is 0 Å². The highest BCUT2D eigenvalue weighted by atomic mass is 19.1. The van der Waals surface area contributed by atoms with Gasteiger partial charge in [0, 0.05) is 18.7 Å². The Labute approximate surface area is 220 Å². The zero-order valence-corrected chi connectivity index (χ0v) is 21.1. The predicted molar refractivity (Wildman–Crippen MR) is 140 cm³/mol. The van der Waals surface area contributed by atoms with Crippen molar-refractivity contribution in [3.05, 3.63) is 84.2 Å². The maximum absolute atomic E-state index is 14.0. The van der Waals surface area contributed by atoms with Crippen LogP contribution in [0.1, 0.15) is 37.3 Å². The zero-order chi connectivity index (χ0) is 26.5. The Balaban J connectivity index is 1.53. The Morgan fingerprint density at radius 1 is 1.11 bits per heavy atom. The van der Waals surface area contributed by atoms with E-state index in [1.165, 1.54) is 21.7 Å². The molecule has 0 saturated carbocycles. The largest absolute Gasteiger partial charge is 0.497 e. The molecule has 3 aromatic carbocycles. The summed E-state index contributed by atoms with van der Waals surface area (Å²) in [4.78, 5) is 29.3. The van der Waals surface area contributed by atoms with Gasteiger partial charge in [-0.3, -0.25) is 14.5 Å². The first kappa shape index (κ1) is 25.5. The molecule has 5 rings (SSSR count). The standard InChI is InChI=1S/C29H29FN4O4/c1-37-23-14-12-22(13-15-23)34(28(36)19-33-26-7-3-2-6-25(26)31-32-33)29(20-8-10-21(30)11-9-20)27(35)17-16-24-5-4-18-38-24/h2-3,6-15,24,29H,4-5,16-19H2,1H3. The van der Waals surface area contributed by atoms with Crippen LogP contribution in [0.4, 0.5) is 10.1 Å². The first-order chi connectivity index (χ1) is 18.5. The van der Waals surface area contributed by atoms with Crippen LogP contribution in [-0.2, 0) is 20.9 Å². The Bertz CT molecular complexity index is 1400. The van der Waals surface area contributed by atoms with Crippen molar-refractivity contribution in [2.24, 2.45) is 0 Å². The van der Waals surface area contributed by atoms with E-state index < -0.39 is 11.9 Å². The van der Waals surface area contributed by atoms with Gasteiger partial charge < -0.3 is 9.47 Å². The van der Waals surface area contributed by atoms with Crippen molar-refractivity contribution in [3.63, 3.8) is 0 Å². The Morgan fingerprint density at radius 2 is 1.87 bits per heavy atom. The van der Waals surface area contributed by atoms with Crippen LogP contribution >= 0.6 is 0 Å². The first-order valence-corrected chi connectivity index (χ1v) is 12.7. The predicted octanol–water partition coefficient (Wildman–Crippen LogP) is 4.88. The quantitative estimate of drug-likeness (QED) is 0.299. The summed E-state index contributed by atoms with van der Waals surface area (Å²) in [5.41, 5.74) is 2.41. The van der Waals surface area contributed by atoms with Crippen molar-refractivity contribution in [1.29, 1.82) is 0 Å². The summed E-state index contributed by atoms with van der Waals surface area (Å²) < 4.78 is 26.4. The van der Waals surface area contributed by atoms with Crippen molar-refractivity contribution >= 4 is 28.4 Å². The molecule has 2 atom stereocenters. The molecular formula is C29H29FN4O4. The minimum absolute atomic E-state index is 0.0273. The third kappa shape index (κ3) is 5.57. The van der Waals surface area contributed by atoms with Gasteiger partial charge in [0.1, 0.15) is 29.7 Å². The lowest BCUT2D eigenvalue weighted by Gasteiger charge is -2.32. The highest BCUT2D eigenvalue weighted by Gasteiger charge is 2.33. The Hall–Kier alpha value is -4.11. The molecule has 1 aromatic heterocycles. The number of hydrogen-bond acceptors (Lipinski definition) is 6. The van der Waals surface area contributed by atoms with Gasteiger partial charge in [-0.2, -0.15) is 0 Å². The number of para-hydroxylation sites is 1. The van der Waals surface area contributed by atoms with Crippen molar-refractivity contribution in [3.8, 4) is 5.75 Å². The summed E-state index contributed by atoms with van der Waals surface area (Å²) >= 11 is 0. The number of anilines is 1. The topological polar surface area (TPSA) is 86.5 Å². The average Bonchev–Trinajstić information content (AvgIpc) is 3.61. The van der Waals surface area contributed by atoms with Crippen LogP contribution in [0.25, 0.3) is 11.0 Å². The van der Waals surface area contributed by atoms with E-state index in [0.717, 1.165) is 12.8 Å². The van der Waals surface area contributed by atoms with Crippen molar-refractivity contribution in [2.75, 3.05) is 18.6 Å². The lowest BCUT2D eigenvalue weighted by molar-refractivity contribution is -0.126. The Morgan fingerprint density at radius 3 is 2.58 bits per heavy atom. The molecule has 8 nitrogen and oxygen atoms in total. The lowest BCUT2D eigenvalue weighted by atomic mass is 9.95. The number of Topliss-reactive ketones (excluding diaryl/α,β-unsaturated/α-hetero) is 1. The number of fused-ring (bicyclic) bond motifs is 1. The molecule has 196 valence electrons. The van der Waals surface area contributed by atoms with E-state index in [1.54, 1.807) is 43.5 Å². The second-order valence-electron chi connectivity index (χ2n) is 9.29. The number of carbonyl (C=O) groups is 2. The summed E-state index contributed by atoms with van der Waals surface area (Å²) in [6, 6.07) is 19.1. The summed E-state index contributed by atoms with van der Waals surface area (Å²) in [5.74, 6) is -0.312. The number of carbonyl (C=O) groups excluding carboxylic acids is 2. The third-order valence-corrected chi connectivity index (χ3v) is 6.81. The molecule has 2 heterocycles. The van der Waals surface area contributed by atoms with E-state index in [2.05, 4.69) is 10.3 Å². The number of rotatable bonds is 10. The maximum Gasteiger partial charge on any atom is 0.249 e. The molecule has 0 radical (unpaired) electrons. The van der Waals surface area contributed by atoms with Crippen LogP contribution in [0, 0.1) is 5.82 Å². The van der Waals surface area contributed by atoms with Crippen LogP contribution in [0.15, 0.2) is 72.8 Å². The van der Waals surface area contributed by atoms with Crippen molar-refractivity contribution in [1.82, 2.24) is 15.0 Å². The second kappa shape index (κ2) is 11.5. The van der Waals surface area contributed by atoms with Crippen molar-refractivity contribution < 1.29 is 23.5 Å². The average molecular weight is 517 g/mol. The van der Waals surface area contributed by atoms with E-state index in [0.29, 0.717) is 41.1 Å². The number of nitrogens with zero attached hydrogens (tertiary/aromatic N) is 4. The minimum Gasteiger partial charge on any atom is -0.497 e. The zero-order valence-electron chi connectivity index (χ0n) is 21.1. The number of ether oxygens (including phenoxy) is 2. The molecule has 0 aliphatic carbocycles. The molecule has 1 aliphatic heterocycles. The van der Waals surface area contributed by atoms with Crippen LogP contribution in [0.3, 0.4) is 0 Å². The Kier molecular flexibility index (Phi) is 7.74. The van der Waals surface area contributed by atoms with Gasteiger partial charge in [-0.05, 0) is 73.4 Å². The highest BCUT2D eigenvalue weighted by Crippen LogP contribution is 2.32. The lowest BCUT2D eigenvalue weighted by Crippen LogP contribution is -2.41. The smallest absolute Gasteiger partial charge is 0.249 e. The van der Waals surface area contributed by atoms with Gasteiger partial charge in [-0.15, -0.1) is 5.10 Å². The number of hydrogen-bond donors (Lipinski definition) is 0. The summed E-state index contributed by atoms with van der Waals surface area (Å²) in [6.45, 7) is 0.561. The molecule has 1 aliphatic rings. The van der Waals surface area contributed by atoms with Gasteiger partial charge in [0.2, 0.25) is 5.91 Å². The van der Waals surface area contributed by atoms with Crippen LogP contribution < -0.4 is 9.64 Å². The monoisotopic (exact) mass is 516 g/mol. The normalized spacial score (nSPS) is 15.9. The number of halogens is 1. The van der Waals surface area contributed by atoms with Gasteiger partial charge in [0.25, 0.3) is 0 Å². The van der Waals surface area contributed by atoms with Crippen LogP contribution in [0.5, 0.6) is 5.75 Å². The maximum atomic E-state index is 14.0. The molecule has 1 fully saturated rings. The summed E-state index contributed by atoms with van der Waals surface area (Å²) in [6.07, 6.45) is 2.70. The van der Waals surface area contributed by atoms with Gasteiger partial charge in [0.05, 0.1) is 18.7 Å². The molecule has 0 spiro atoms. The first-order valence-electron chi connectivity index (χ1n) is 12.7. The van der Waals surface area contributed by atoms with E-state index in [-0.39, 0.29) is 30.8 Å². The van der Waals surface area contributed by atoms with Crippen LogP contribution in [-0.4, -0.2) is 46.5 Å². The SMILES string of the molecule is COc1ccc(N(C(=O)Cn2nnc3ccccc32)C(C(=O)CCC2CCCO2)c2ccc(F)cc2)cc1. The minimum atomic E-state index is -0.965. The fraction of sp³-hybridized carbons (Fsp3) is 0.310. The van der Waals surface area contributed by atoms with E-state index >= 15 is 0 Å². The van der Waals surface area contributed by atoms with Gasteiger partial charge in [0.15, 0.2) is 5.78 Å². The molecular weight excluding hydrogens is 487 g/mol. The fourth-order valence-corrected chi connectivity index (χ4v) is 4.85. The summed E-state index contributed by atoms with van der Waals surface area (Å²) in [5, 5.41) is 8.32. The van der Waals surface area contributed by atoms with Gasteiger partial charge in [-0.1, -0.05) is 29.5 Å². The molecule has 1 saturated heterocycles. The molecule has 1 amide bonds. The molecule has 4 aromatic rings. The molecule has 0 bridgehead atoms. The number of benzene rings is 3. The van der Waals surface area contributed by atoms with Gasteiger partial charge >= 0.3 is 0 Å². The third-order valence-electron chi connectivity index (χ3n) is 6.81. The molecule has 0 N–H and O–H groups in total. The van der Waals surface area contributed by atoms with E-state index in [1.807, 2.05) is 24.3 Å². The number of ketones is 1. The molecule has 9 heteroatoms. The number of amides is 1. The number of aromatic nitrogens is 3. The highest BCUT2D eigenvalue weighted by molar-refractivity contribution is 6.02.